The van der Waals surface area contributed by atoms with Gasteiger partial charge in [0.05, 0.1) is 23.2 Å². The highest BCUT2D eigenvalue weighted by Crippen LogP contribution is 2.26. The molecule has 3 nitrogen and oxygen atoms in total. The van der Waals surface area contributed by atoms with Gasteiger partial charge in [-0.3, -0.25) is 0 Å². The maximum absolute atomic E-state index is 6.09. The van der Waals surface area contributed by atoms with Gasteiger partial charge in [0.2, 0.25) is 0 Å². The van der Waals surface area contributed by atoms with Crippen LogP contribution in [-0.2, 0) is 12.3 Å². The topological polar surface area (TPSA) is 31.0 Å². The Balaban J connectivity index is 1.91. The average molecular weight is 303 g/mol. The molecule has 1 aromatic carbocycles. The Morgan fingerprint density at radius 1 is 1.33 bits per heavy atom. The number of nitrogens with zero attached hydrogens (tertiary/aromatic N) is 2. The third-order valence-electron chi connectivity index (χ3n) is 3.87. The van der Waals surface area contributed by atoms with Crippen molar-refractivity contribution in [3.8, 4) is 0 Å². The van der Waals surface area contributed by atoms with E-state index in [1.54, 1.807) is 6.26 Å². The molecule has 0 bridgehead atoms. The number of halogens is 1. The second-order valence-electron chi connectivity index (χ2n) is 5.49. The molecule has 1 atom stereocenters. The average Bonchev–Trinajstić information content (AvgIpc) is 3.11. The van der Waals surface area contributed by atoms with Crippen molar-refractivity contribution < 1.29 is 4.42 Å². The van der Waals surface area contributed by atoms with E-state index in [4.69, 9.17) is 16.0 Å². The molecule has 4 heteroatoms. The van der Waals surface area contributed by atoms with E-state index in [1.165, 1.54) is 5.56 Å². The van der Waals surface area contributed by atoms with E-state index in [1.807, 2.05) is 12.1 Å². The maximum atomic E-state index is 6.09. The molecule has 0 spiro atoms. The van der Waals surface area contributed by atoms with Crippen LogP contribution in [0.1, 0.15) is 36.5 Å². The summed E-state index contributed by atoms with van der Waals surface area (Å²) < 4.78 is 7.68. The Morgan fingerprint density at radius 3 is 2.90 bits per heavy atom. The Morgan fingerprint density at radius 2 is 2.19 bits per heavy atom. The van der Waals surface area contributed by atoms with Gasteiger partial charge >= 0.3 is 0 Å². The lowest BCUT2D eigenvalue weighted by Gasteiger charge is -2.16. The van der Waals surface area contributed by atoms with E-state index in [-0.39, 0.29) is 0 Å². The lowest BCUT2D eigenvalue weighted by Crippen LogP contribution is -2.09. The van der Waals surface area contributed by atoms with Crippen LogP contribution in [0.4, 0.5) is 0 Å². The molecule has 0 N–H and O–H groups in total. The molecule has 0 aliphatic rings. The van der Waals surface area contributed by atoms with Crippen LogP contribution in [0.3, 0.4) is 0 Å². The molecule has 2 heterocycles. The van der Waals surface area contributed by atoms with Crippen molar-refractivity contribution in [2.75, 3.05) is 0 Å². The van der Waals surface area contributed by atoms with E-state index in [2.05, 4.69) is 41.6 Å². The smallest absolute Gasteiger partial charge is 0.125 e. The third kappa shape index (κ3) is 2.84. The number of fused-ring (bicyclic) bond motifs is 1. The van der Waals surface area contributed by atoms with E-state index in [0.29, 0.717) is 11.9 Å². The Bertz CT molecular complexity index is 731. The van der Waals surface area contributed by atoms with Crippen molar-refractivity contribution in [1.82, 2.24) is 9.55 Å². The SMILES string of the molecule is Cc1ccc2nc(CCl)n(C(C)CCc3ccco3)c2c1. The van der Waals surface area contributed by atoms with E-state index in [9.17, 15) is 0 Å². The van der Waals surface area contributed by atoms with E-state index in [0.717, 1.165) is 35.5 Å². The third-order valence-corrected chi connectivity index (χ3v) is 4.11. The molecule has 3 aromatic rings. The first kappa shape index (κ1) is 14.2. The van der Waals surface area contributed by atoms with Crippen LogP contribution in [0.25, 0.3) is 11.0 Å². The highest BCUT2D eigenvalue weighted by molar-refractivity contribution is 6.16. The zero-order chi connectivity index (χ0) is 14.8. The minimum absolute atomic E-state index is 0.329. The van der Waals surface area contributed by atoms with Gasteiger partial charge in [0.1, 0.15) is 11.6 Å². The van der Waals surface area contributed by atoms with Crippen molar-refractivity contribution in [2.45, 2.75) is 38.6 Å². The number of alkyl halides is 1. The number of hydrogen-bond donors (Lipinski definition) is 0. The summed E-state index contributed by atoms with van der Waals surface area (Å²) in [6.45, 7) is 4.31. The molecule has 0 saturated carbocycles. The zero-order valence-electron chi connectivity index (χ0n) is 12.3. The predicted octanol–water partition coefficient (Wildman–Crippen LogP) is 4.87. The summed E-state index contributed by atoms with van der Waals surface area (Å²) in [6.07, 6.45) is 3.64. The Labute approximate surface area is 129 Å². The number of hydrogen-bond acceptors (Lipinski definition) is 2. The first-order valence-electron chi connectivity index (χ1n) is 7.25. The molecule has 0 saturated heterocycles. The van der Waals surface area contributed by atoms with E-state index < -0.39 is 0 Å². The molecule has 21 heavy (non-hydrogen) atoms. The number of rotatable bonds is 5. The zero-order valence-corrected chi connectivity index (χ0v) is 13.1. The molecule has 0 aliphatic heterocycles. The first-order chi connectivity index (χ1) is 10.2. The normalized spacial score (nSPS) is 12.9. The summed E-state index contributed by atoms with van der Waals surface area (Å²) in [6, 6.07) is 10.6. The molecule has 1 unspecified atom stereocenters. The fourth-order valence-electron chi connectivity index (χ4n) is 2.77. The van der Waals surface area contributed by atoms with Gasteiger partial charge in [-0.1, -0.05) is 6.07 Å². The molecule has 2 aromatic heterocycles. The quantitative estimate of drug-likeness (QED) is 0.630. The molecular weight excluding hydrogens is 284 g/mol. The van der Waals surface area contributed by atoms with Gasteiger partial charge in [-0.2, -0.15) is 0 Å². The summed E-state index contributed by atoms with van der Waals surface area (Å²) in [7, 11) is 0. The van der Waals surface area contributed by atoms with Gasteiger partial charge in [0.25, 0.3) is 0 Å². The fourth-order valence-corrected chi connectivity index (χ4v) is 2.96. The van der Waals surface area contributed by atoms with Crippen molar-refractivity contribution in [1.29, 1.82) is 0 Å². The standard InChI is InChI=1S/C17H19ClN2O/c1-12-5-8-15-16(10-12)20(17(11-18)19-15)13(2)6-7-14-4-3-9-21-14/h3-5,8-10,13H,6-7,11H2,1-2H3. The summed E-state index contributed by atoms with van der Waals surface area (Å²) in [5, 5.41) is 0. The second-order valence-corrected chi connectivity index (χ2v) is 5.76. The lowest BCUT2D eigenvalue weighted by molar-refractivity contribution is 0.452. The highest BCUT2D eigenvalue weighted by atomic mass is 35.5. The number of furan rings is 1. The van der Waals surface area contributed by atoms with Crippen molar-refractivity contribution in [3.63, 3.8) is 0 Å². The molecule has 110 valence electrons. The van der Waals surface area contributed by atoms with Crippen LogP contribution in [0.15, 0.2) is 41.0 Å². The van der Waals surface area contributed by atoms with Crippen LogP contribution in [0.2, 0.25) is 0 Å². The van der Waals surface area contributed by atoms with Crippen molar-refractivity contribution in [2.24, 2.45) is 0 Å². The van der Waals surface area contributed by atoms with Crippen LogP contribution < -0.4 is 0 Å². The number of imidazole rings is 1. The monoisotopic (exact) mass is 302 g/mol. The van der Waals surface area contributed by atoms with Gasteiger partial charge < -0.3 is 8.98 Å². The van der Waals surface area contributed by atoms with Gasteiger partial charge in [0.15, 0.2) is 0 Å². The van der Waals surface area contributed by atoms with Gasteiger partial charge in [-0.25, -0.2) is 4.98 Å². The second kappa shape index (κ2) is 5.94. The summed E-state index contributed by atoms with van der Waals surface area (Å²) in [4.78, 5) is 4.65. The van der Waals surface area contributed by atoms with Crippen LogP contribution in [0, 0.1) is 6.92 Å². The molecule has 0 radical (unpaired) electrons. The summed E-state index contributed by atoms with van der Waals surface area (Å²) >= 11 is 6.09. The fraction of sp³-hybridized carbons (Fsp3) is 0.353. The molecule has 0 amide bonds. The predicted molar refractivity (Wildman–Crippen MR) is 85.8 cm³/mol. The lowest BCUT2D eigenvalue weighted by atomic mass is 10.1. The molecule has 0 aliphatic carbocycles. The highest BCUT2D eigenvalue weighted by Gasteiger charge is 2.15. The first-order valence-corrected chi connectivity index (χ1v) is 7.78. The Hall–Kier alpha value is -1.74. The van der Waals surface area contributed by atoms with Gasteiger partial charge in [-0.15, -0.1) is 11.6 Å². The molecule has 3 rings (SSSR count). The van der Waals surface area contributed by atoms with Crippen LogP contribution in [-0.4, -0.2) is 9.55 Å². The number of benzene rings is 1. The van der Waals surface area contributed by atoms with Crippen LogP contribution >= 0.6 is 11.6 Å². The van der Waals surface area contributed by atoms with Crippen molar-refractivity contribution >= 4 is 22.6 Å². The summed E-state index contributed by atoms with van der Waals surface area (Å²) in [5.41, 5.74) is 3.42. The Kier molecular flexibility index (Phi) is 4.02. The molecular formula is C17H19ClN2O. The number of aromatic nitrogens is 2. The minimum Gasteiger partial charge on any atom is -0.469 e. The van der Waals surface area contributed by atoms with E-state index >= 15 is 0 Å². The largest absolute Gasteiger partial charge is 0.469 e. The van der Waals surface area contributed by atoms with Gasteiger partial charge in [-0.05, 0) is 50.1 Å². The van der Waals surface area contributed by atoms with Crippen LogP contribution in [0.5, 0.6) is 0 Å². The minimum atomic E-state index is 0.329. The van der Waals surface area contributed by atoms with Gasteiger partial charge in [0, 0.05) is 12.5 Å². The summed E-state index contributed by atoms with van der Waals surface area (Å²) in [5.74, 6) is 2.39. The number of aryl methyl sites for hydroxylation is 2. The maximum Gasteiger partial charge on any atom is 0.125 e. The van der Waals surface area contributed by atoms with Crippen molar-refractivity contribution in [3.05, 3.63) is 53.7 Å². The molecule has 0 fully saturated rings.